The van der Waals surface area contributed by atoms with Crippen LogP contribution in [-0.2, 0) is 16.4 Å². The number of nitrogens with zero attached hydrogens (tertiary/aromatic N) is 2. The van der Waals surface area contributed by atoms with Crippen molar-refractivity contribution in [1.82, 2.24) is 9.21 Å². The molecule has 1 aromatic rings. The van der Waals surface area contributed by atoms with Crippen LogP contribution < -0.4 is 0 Å². The summed E-state index contributed by atoms with van der Waals surface area (Å²) in [5.41, 5.74) is 1.06. The second-order valence-corrected chi connectivity index (χ2v) is 7.67. The van der Waals surface area contributed by atoms with Gasteiger partial charge in [0.05, 0.1) is 4.90 Å². The van der Waals surface area contributed by atoms with Crippen molar-refractivity contribution in [2.45, 2.75) is 23.8 Å². The highest BCUT2D eigenvalue weighted by Gasteiger charge is 2.33. The molecule has 0 saturated carbocycles. The molecular formula is C14H21ClN2O2S. The second-order valence-electron chi connectivity index (χ2n) is 5.35. The summed E-state index contributed by atoms with van der Waals surface area (Å²) in [5, 5.41) is 0. The Morgan fingerprint density at radius 2 is 1.95 bits per heavy atom. The number of sulfonamides is 1. The zero-order chi connectivity index (χ0) is 14.8. The summed E-state index contributed by atoms with van der Waals surface area (Å²) in [6.45, 7) is 1.16. The molecule has 1 unspecified atom stereocenters. The Morgan fingerprint density at radius 3 is 2.45 bits per heavy atom. The smallest absolute Gasteiger partial charge is 0.243 e. The maximum Gasteiger partial charge on any atom is 0.243 e. The molecule has 0 aliphatic carbocycles. The first-order valence-electron chi connectivity index (χ1n) is 6.76. The third kappa shape index (κ3) is 3.34. The molecule has 1 atom stereocenters. The average Bonchev–Trinajstić information content (AvgIpc) is 2.90. The van der Waals surface area contributed by atoms with Crippen molar-refractivity contribution < 1.29 is 8.42 Å². The standard InChI is InChI=1S/C14H21ClN2O2S/c1-16(2)13-8-10-17(11-13)20(18,19)14-5-3-12(4-6-14)7-9-15/h3-6,13H,7-11H2,1-2H3. The first-order chi connectivity index (χ1) is 9.45. The molecule has 1 aliphatic rings. The van der Waals surface area contributed by atoms with Crippen LogP contribution in [0.5, 0.6) is 0 Å². The zero-order valence-electron chi connectivity index (χ0n) is 11.9. The molecule has 112 valence electrons. The van der Waals surface area contributed by atoms with E-state index in [1.807, 2.05) is 26.2 Å². The summed E-state index contributed by atoms with van der Waals surface area (Å²) in [6, 6.07) is 7.35. The van der Waals surface area contributed by atoms with Gasteiger partial charge in [0.2, 0.25) is 10.0 Å². The van der Waals surface area contributed by atoms with E-state index in [2.05, 4.69) is 4.90 Å². The molecule has 1 fully saturated rings. The fraction of sp³-hybridized carbons (Fsp3) is 0.571. The van der Waals surface area contributed by atoms with Gasteiger partial charge < -0.3 is 4.90 Å². The van der Waals surface area contributed by atoms with Gasteiger partial charge in [-0.15, -0.1) is 11.6 Å². The van der Waals surface area contributed by atoms with Crippen LogP contribution in [0.4, 0.5) is 0 Å². The van der Waals surface area contributed by atoms with Gasteiger partial charge in [0, 0.05) is 25.0 Å². The summed E-state index contributed by atoms with van der Waals surface area (Å²) in [4.78, 5) is 2.45. The highest BCUT2D eigenvalue weighted by Crippen LogP contribution is 2.23. The van der Waals surface area contributed by atoms with Crippen molar-refractivity contribution in [3.05, 3.63) is 29.8 Å². The van der Waals surface area contributed by atoms with E-state index >= 15 is 0 Å². The molecule has 0 amide bonds. The van der Waals surface area contributed by atoms with Crippen LogP contribution in [0.1, 0.15) is 12.0 Å². The van der Waals surface area contributed by atoms with Gasteiger partial charge >= 0.3 is 0 Å². The van der Waals surface area contributed by atoms with Gasteiger partial charge in [0.1, 0.15) is 0 Å². The van der Waals surface area contributed by atoms with Crippen LogP contribution in [0.15, 0.2) is 29.2 Å². The lowest BCUT2D eigenvalue weighted by Gasteiger charge is -2.20. The van der Waals surface area contributed by atoms with Gasteiger partial charge in [-0.1, -0.05) is 12.1 Å². The van der Waals surface area contributed by atoms with Crippen LogP contribution in [0.25, 0.3) is 0 Å². The second kappa shape index (κ2) is 6.43. The maximum atomic E-state index is 12.6. The normalized spacial score (nSPS) is 20.7. The summed E-state index contributed by atoms with van der Waals surface area (Å²) < 4.78 is 26.7. The quantitative estimate of drug-likeness (QED) is 0.778. The van der Waals surface area contributed by atoms with E-state index in [1.54, 1.807) is 16.4 Å². The monoisotopic (exact) mass is 316 g/mol. The van der Waals surface area contributed by atoms with Crippen molar-refractivity contribution in [2.24, 2.45) is 0 Å². The van der Waals surface area contributed by atoms with Gasteiger partial charge in [0.25, 0.3) is 0 Å². The number of rotatable bonds is 5. The molecule has 1 aliphatic heterocycles. The molecule has 0 spiro atoms. The predicted octanol–water partition coefficient (Wildman–Crippen LogP) is 1.79. The first kappa shape index (κ1) is 15.8. The number of halogens is 1. The third-order valence-corrected chi connectivity index (χ3v) is 5.87. The largest absolute Gasteiger partial charge is 0.305 e. The number of likely N-dealkylation sites (N-methyl/N-ethyl adjacent to an activating group) is 1. The van der Waals surface area contributed by atoms with Gasteiger partial charge in [-0.3, -0.25) is 0 Å². The van der Waals surface area contributed by atoms with Crippen molar-refractivity contribution in [2.75, 3.05) is 33.1 Å². The lowest BCUT2D eigenvalue weighted by molar-refractivity contribution is 0.302. The van der Waals surface area contributed by atoms with Crippen molar-refractivity contribution in [3.63, 3.8) is 0 Å². The molecule has 0 radical (unpaired) electrons. The minimum atomic E-state index is -3.36. The van der Waals surface area contributed by atoms with Crippen molar-refractivity contribution >= 4 is 21.6 Å². The van der Waals surface area contributed by atoms with Gasteiger partial charge in [0.15, 0.2) is 0 Å². The molecule has 1 aromatic carbocycles. The minimum Gasteiger partial charge on any atom is -0.305 e. The highest BCUT2D eigenvalue weighted by atomic mass is 35.5. The van der Waals surface area contributed by atoms with E-state index in [9.17, 15) is 8.42 Å². The Labute approximate surface area is 126 Å². The SMILES string of the molecule is CN(C)C1CCN(S(=O)(=O)c2ccc(CCCl)cc2)C1. The topological polar surface area (TPSA) is 40.6 Å². The molecule has 6 heteroatoms. The van der Waals surface area contributed by atoms with Crippen LogP contribution in [0, 0.1) is 0 Å². The lowest BCUT2D eigenvalue weighted by Crippen LogP contribution is -2.34. The van der Waals surface area contributed by atoms with Gasteiger partial charge in [-0.2, -0.15) is 4.31 Å². The fourth-order valence-corrected chi connectivity index (χ4v) is 4.15. The van der Waals surface area contributed by atoms with E-state index in [0.29, 0.717) is 29.9 Å². The van der Waals surface area contributed by atoms with Crippen LogP contribution in [0.2, 0.25) is 0 Å². The molecular weight excluding hydrogens is 296 g/mol. The number of hydrogen-bond donors (Lipinski definition) is 0. The summed E-state index contributed by atoms with van der Waals surface area (Å²) in [5.74, 6) is 0.544. The molecule has 1 saturated heterocycles. The molecule has 4 nitrogen and oxygen atoms in total. The van der Waals surface area contributed by atoms with E-state index < -0.39 is 10.0 Å². The molecule has 2 rings (SSSR count). The van der Waals surface area contributed by atoms with Crippen LogP contribution in [-0.4, -0.2) is 56.7 Å². The average molecular weight is 317 g/mol. The van der Waals surface area contributed by atoms with Gasteiger partial charge in [-0.05, 0) is 44.6 Å². The number of hydrogen-bond acceptors (Lipinski definition) is 3. The van der Waals surface area contributed by atoms with Crippen molar-refractivity contribution in [1.29, 1.82) is 0 Å². The zero-order valence-corrected chi connectivity index (χ0v) is 13.5. The summed E-state index contributed by atoms with van der Waals surface area (Å²) in [7, 11) is 0.613. The Balaban J connectivity index is 2.14. The molecule has 0 aromatic heterocycles. The molecule has 0 N–H and O–H groups in total. The Hall–Kier alpha value is -0.620. The van der Waals surface area contributed by atoms with E-state index in [4.69, 9.17) is 11.6 Å². The minimum absolute atomic E-state index is 0.306. The summed E-state index contributed by atoms with van der Waals surface area (Å²) in [6.07, 6.45) is 1.64. The Morgan fingerprint density at radius 1 is 1.30 bits per heavy atom. The van der Waals surface area contributed by atoms with E-state index in [-0.39, 0.29) is 0 Å². The summed E-state index contributed by atoms with van der Waals surface area (Å²) >= 11 is 5.68. The van der Waals surface area contributed by atoms with Crippen molar-refractivity contribution in [3.8, 4) is 0 Å². The van der Waals surface area contributed by atoms with E-state index in [1.165, 1.54) is 0 Å². The van der Waals surface area contributed by atoms with Gasteiger partial charge in [-0.25, -0.2) is 8.42 Å². The van der Waals surface area contributed by atoms with Crippen LogP contribution in [0.3, 0.4) is 0 Å². The number of alkyl halides is 1. The molecule has 1 heterocycles. The Kier molecular flexibility index (Phi) is 5.07. The van der Waals surface area contributed by atoms with E-state index in [0.717, 1.165) is 18.4 Å². The van der Waals surface area contributed by atoms with Crippen LogP contribution >= 0.6 is 11.6 Å². The number of aryl methyl sites for hydroxylation is 1. The Bertz CT molecular complexity index is 543. The molecule has 20 heavy (non-hydrogen) atoms. The highest BCUT2D eigenvalue weighted by molar-refractivity contribution is 7.89. The number of benzene rings is 1. The lowest BCUT2D eigenvalue weighted by atomic mass is 10.2. The maximum absolute atomic E-state index is 12.6. The fourth-order valence-electron chi connectivity index (χ4n) is 2.44. The predicted molar refractivity (Wildman–Crippen MR) is 81.7 cm³/mol. The molecule has 0 bridgehead atoms. The third-order valence-electron chi connectivity index (χ3n) is 3.80. The first-order valence-corrected chi connectivity index (χ1v) is 8.74.